The van der Waals surface area contributed by atoms with Crippen LogP contribution in [0.5, 0.6) is 0 Å². The lowest BCUT2D eigenvalue weighted by Gasteiger charge is -2.19. The molecule has 2 heterocycles. The number of ketones is 1. The summed E-state index contributed by atoms with van der Waals surface area (Å²) in [5, 5.41) is 9.07. The number of esters is 1. The Morgan fingerprint density at radius 1 is 0.875 bits per heavy atom. The Balaban J connectivity index is 1.29. The number of hydrogen-bond acceptors (Lipinski definition) is 10. The van der Waals surface area contributed by atoms with Crippen LogP contribution in [0.1, 0.15) is 59.3 Å². The fraction of sp³-hybridized carbons (Fsp3) is 0.852. The second-order valence-corrected chi connectivity index (χ2v) is 12.0. The molecule has 0 saturated carbocycles. The fourth-order valence-electron chi connectivity index (χ4n) is 4.25. The first kappa shape index (κ1) is 34.3. The van der Waals surface area contributed by atoms with E-state index in [0.717, 1.165) is 25.0 Å². The zero-order valence-corrected chi connectivity index (χ0v) is 24.9. The van der Waals surface area contributed by atoms with Gasteiger partial charge in [-0.05, 0) is 40.0 Å². The van der Waals surface area contributed by atoms with Crippen LogP contribution in [-0.2, 0) is 38.1 Å². The molecule has 2 saturated heterocycles. The third kappa shape index (κ3) is 15.8. The van der Waals surface area contributed by atoms with E-state index in [-0.39, 0.29) is 49.6 Å². The first-order valence-electron chi connectivity index (χ1n) is 14.1. The molecule has 0 aromatic rings. The number of hydrogen-bond donors (Lipinski definition) is 3. The van der Waals surface area contributed by atoms with E-state index in [9.17, 15) is 19.2 Å². The van der Waals surface area contributed by atoms with Gasteiger partial charge in [0.25, 0.3) is 0 Å². The Morgan fingerprint density at radius 2 is 1.55 bits per heavy atom. The van der Waals surface area contributed by atoms with Crippen LogP contribution >= 0.6 is 11.8 Å². The monoisotopic (exact) mass is 589 g/mol. The van der Waals surface area contributed by atoms with E-state index in [1.165, 1.54) is 0 Å². The third-order valence-electron chi connectivity index (χ3n) is 6.06. The van der Waals surface area contributed by atoms with Crippen molar-refractivity contribution >= 4 is 35.5 Å². The SMILES string of the molecule is CC(C)(C)OC(=O)COCCOCCNC(=O)COCCOCCCC(=O)CCCC[C@@H]1SC[C@@H]2NC(=O)N[C@@H]21. The van der Waals surface area contributed by atoms with E-state index in [1.807, 2.05) is 11.8 Å². The van der Waals surface area contributed by atoms with E-state index in [1.54, 1.807) is 20.8 Å². The van der Waals surface area contributed by atoms with Crippen LogP contribution in [-0.4, -0.2) is 112 Å². The lowest BCUT2D eigenvalue weighted by molar-refractivity contribution is -0.160. The molecular formula is C27H47N3O9S. The topological polar surface area (TPSA) is 151 Å². The van der Waals surface area contributed by atoms with Crippen molar-refractivity contribution in [1.29, 1.82) is 0 Å². The van der Waals surface area contributed by atoms with Crippen molar-refractivity contribution < 1.29 is 42.9 Å². The molecule has 12 nitrogen and oxygen atoms in total. The maximum absolute atomic E-state index is 12.1. The highest BCUT2D eigenvalue weighted by Gasteiger charge is 2.42. The van der Waals surface area contributed by atoms with Crippen molar-refractivity contribution in [3.05, 3.63) is 0 Å². The molecule has 2 rings (SSSR count). The van der Waals surface area contributed by atoms with Crippen molar-refractivity contribution in [2.24, 2.45) is 0 Å². The summed E-state index contributed by atoms with van der Waals surface area (Å²) in [7, 11) is 0. The van der Waals surface area contributed by atoms with Crippen molar-refractivity contribution in [1.82, 2.24) is 16.0 Å². The van der Waals surface area contributed by atoms with Gasteiger partial charge in [-0.25, -0.2) is 9.59 Å². The normalized spacial score (nSPS) is 20.1. The molecule has 40 heavy (non-hydrogen) atoms. The Bertz CT molecular complexity index is 794. The lowest BCUT2D eigenvalue weighted by Crippen LogP contribution is -2.36. The van der Waals surface area contributed by atoms with E-state index >= 15 is 0 Å². The number of carbonyl (C=O) groups excluding carboxylic acids is 4. The minimum Gasteiger partial charge on any atom is -0.458 e. The molecular weight excluding hydrogens is 542 g/mol. The number of thioether (sulfide) groups is 1. The zero-order chi connectivity index (χ0) is 29.2. The van der Waals surface area contributed by atoms with Gasteiger partial charge in [-0.1, -0.05) is 6.42 Å². The van der Waals surface area contributed by atoms with Gasteiger partial charge in [0.15, 0.2) is 0 Å². The molecule has 2 fully saturated rings. The first-order chi connectivity index (χ1) is 19.1. The highest BCUT2D eigenvalue weighted by molar-refractivity contribution is 8.00. The van der Waals surface area contributed by atoms with Gasteiger partial charge in [-0.2, -0.15) is 11.8 Å². The minimum atomic E-state index is -0.537. The molecule has 2 aliphatic rings. The summed E-state index contributed by atoms with van der Waals surface area (Å²) in [6.45, 7) is 7.55. The molecule has 3 amide bonds. The molecule has 3 N–H and O–H groups in total. The van der Waals surface area contributed by atoms with Crippen LogP contribution in [0.15, 0.2) is 0 Å². The maximum atomic E-state index is 12.1. The molecule has 0 spiro atoms. The molecule has 2 aliphatic heterocycles. The van der Waals surface area contributed by atoms with Crippen molar-refractivity contribution in [2.45, 2.75) is 82.2 Å². The second-order valence-electron chi connectivity index (χ2n) is 10.8. The van der Waals surface area contributed by atoms with E-state index in [0.29, 0.717) is 64.1 Å². The number of nitrogens with one attached hydrogen (secondary N) is 3. The molecule has 0 aromatic heterocycles. The van der Waals surface area contributed by atoms with Gasteiger partial charge in [-0.3, -0.25) is 9.59 Å². The van der Waals surface area contributed by atoms with Gasteiger partial charge < -0.3 is 39.6 Å². The first-order valence-corrected chi connectivity index (χ1v) is 15.2. The van der Waals surface area contributed by atoms with Crippen LogP contribution in [0.4, 0.5) is 4.79 Å². The van der Waals surface area contributed by atoms with Gasteiger partial charge >= 0.3 is 12.0 Å². The molecule has 0 bridgehead atoms. The predicted octanol–water partition coefficient (Wildman–Crippen LogP) is 1.59. The van der Waals surface area contributed by atoms with Gasteiger partial charge in [-0.15, -0.1) is 0 Å². The summed E-state index contributed by atoms with van der Waals surface area (Å²) in [5.74, 6) is 0.544. The molecule has 13 heteroatoms. The summed E-state index contributed by atoms with van der Waals surface area (Å²) >= 11 is 1.90. The maximum Gasteiger partial charge on any atom is 0.332 e. The number of Topliss-reactive ketones (excluding diaryl/α,β-unsaturated/α-hetero) is 1. The van der Waals surface area contributed by atoms with Crippen molar-refractivity contribution in [2.75, 3.05) is 65.2 Å². The highest BCUT2D eigenvalue weighted by Crippen LogP contribution is 2.33. The second kappa shape index (κ2) is 19.2. The van der Waals surface area contributed by atoms with Crippen molar-refractivity contribution in [3.8, 4) is 0 Å². The number of amides is 3. The summed E-state index contributed by atoms with van der Waals surface area (Å²) in [6.07, 6.45) is 4.64. The Hall–Kier alpha value is -1.93. The number of ether oxygens (including phenoxy) is 5. The Labute approximate surface area is 241 Å². The largest absolute Gasteiger partial charge is 0.458 e. The number of carbonyl (C=O) groups is 4. The highest BCUT2D eigenvalue weighted by atomic mass is 32.2. The molecule has 0 unspecified atom stereocenters. The summed E-state index contributed by atoms with van der Waals surface area (Å²) < 4.78 is 26.4. The van der Waals surface area contributed by atoms with Crippen LogP contribution in [0.2, 0.25) is 0 Å². The van der Waals surface area contributed by atoms with Gasteiger partial charge in [0.05, 0.1) is 45.1 Å². The average molecular weight is 590 g/mol. The van der Waals surface area contributed by atoms with Crippen LogP contribution in [0.25, 0.3) is 0 Å². The smallest absolute Gasteiger partial charge is 0.332 e. The minimum absolute atomic E-state index is 0.0643. The van der Waals surface area contributed by atoms with Crippen LogP contribution in [0.3, 0.4) is 0 Å². The van der Waals surface area contributed by atoms with Gasteiger partial charge in [0, 0.05) is 37.0 Å². The van der Waals surface area contributed by atoms with Crippen molar-refractivity contribution in [3.63, 3.8) is 0 Å². The average Bonchev–Trinajstić information content (AvgIpc) is 3.43. The standard InChI is InChI=1S/C27H47N3O9S/c1-27(2,3)39-24(33)18-38-16-14-36-12-10-28-23(32)17-37-15-13-35-11-6-8-20(31)7-4-5-9-22-25-21(19-40-22)29-26(34)30-25/h21-22,25H,4-19H2,1-3H3,(H,28,32)(H2,29,30,34)/t21-,22-,25-/m0/s1. The predicted molar refractivity (Wildman–Crippen MR) is 150 cm³/mol. The molecule has 3 atom stereocenters. The summed E-state index contributed by atoms with van der Waals surface area (Å²) in [6, 6.07) is 0.403. The zero-order valence-electron chi connectivity index (χ0n) is 24.1. The lowest BCUT2D eigenvalue weighted by atomic mass is 10.0. The summed E-state index contributed by atoms with van der Waals surface area (Å²) in [5.41, 5.74) is -0.537. The van der Waals surface area contributed by atoms with Crippen LogP contribution < -0.4 is 16.0 Å². The fourth-order valence-corrected chi connectivity index (χ4v) is 5.80. The molecule has 0 radical (unpaired) electrons. The van der Waals surface area contributed by atoms with E-state index in [2.05, 4.69) is 16.0 Å². The molecule has 0 aliphatic carbocycles. The van der Waals surface area contributed by atoms with Gasteiger partial charge in [0.2, 0.25) is 5.91 Å². The molecule has 0 aromatic carbocycles. The number of fused-ring (bicyclic) bond motifs is 1. The third-order valence-corrected chi connectivity index (χ3v) is 7.57. The number of urea groups is 1. The number of rotatable bonds is 22. The Morgan fingerprint density at radius 3 is 2.30 bits per heavy atom. The van der Waals surface area contributed by atoms with Gasteiger partial charge in [0.1, 0.15) is 24.6 Å². The quantitative estimate of drug-likeness (QED) is 0.0965. The number of unbranched alkanes of at least 4 members (excludes halogenated alkanes) is 1. The van der Waals surface area contributed by atoms with Crippen LogP contribution in [0, 0.1) is 0 Å². The Kier molecular flexibility index (Phi) is 16.5. The van der Waals surface area contributed by atoms with E-state index in [4.69, 9.17) is 23.7 Å². The van der Waals surface area contributed by atoms with E-state index < -0.39 is 11.6 Å². The molecule has 230 valence electrons. The summed E-state index contributed by atoms with van der Waals surface area (Å²) in [4.78, 5) is 46.8.